The lowest BCUT2D eigenvalue weighted by atomic mass is 9.82. The van der Waals surface area contributed by atoms with Crippen LogP contribution in [0, 0.1) is 0 Å². The fraction of sp³-hybridized carbons (Fsp3) is 0.350. The number of amides is 1. The topological polar surface area (TPSA) is 72.5 Å². The van der Waals surface area contributed by atoms with Crippen LogP contribution in [-0.4, -0.2) is 20.9 Å². The SMILES string of the molecule is O=C(NS(=O)(=O)c1ccc2c(c1)CCCO2)C1CCCc2ccccc21. The normalized spacial score (nSPS) is 19.0. The molecule has 2 aromatic rings. The molecule has 0 bridgehead atoms. The van der Waals surface area contributed by atoms with E-state index in [1.807, 2.05) is 24.3 Å². The van der Waals surface area contributed by atoms with Crippen molar-refractivity contribution in [1.29, 1.82) is 0 Å². The highest BCUT2D eigenvalue weighted by molar-refractivity contribution is 7.90. The quantitative estimate of drug-likeness (QED) is 0.900. The predicted molar refractivity (Wildman–Crippen MR) is 97.7 cm³/mol. The number of hydrogen-bond acceptors (Lipinski definition) is 4. The van der Waals surface area contributed by atoms with Gasteiger partial charge in [0.2, 0.25) is 5.91 Å². The average molecular weight is 371 g/mol. The molecule has 0 saturated heterocycles. The predicted octanol–water partition coefficient (Wildman–Crippen LogP) is 2.94. The Labute approximate surface area is 153 Å². The van der Waals surface area contributed by atoms with Gasteiger partial charge in [0.25, 0.3) is 10.0 Å². The fourth-order valence-corrected chi connectivity index (χ4v) is 4.86. The van der Waals surface area contributed by atoms with Gasteiger partial charge >= 0.3 is 0 Å². The molecule has 0 radical (unpaired) electrons. The van der Waals surface area contributed by atoms with Crippen LogP contribution in [0.3, 0.4) is 0 Å². The first-order valence-electron chi connectivity index (χ1n) is 8.95. The van der Waals surface area contributed by atoms with Gasteiger partial charge in [-0.25, -0.2) is 13.1 Å². The number of rotatable bonds is 3. The number of carbonyl (C=O) groups is 1. The minimum atomic E-state index is -3.90. The molecule has 0 aromatic heterocycles. The first kappa shape index (κ1) is 17.1. The lowest BCUT2D eigenvalue weighted by Gasteiger charge is -2.24. The summed E-state index contributed by atoms with van der Waals surface area (Å²) in [6, 6.07) is 12.5. The van der Waals surface area contributed by atoms with E-state index in [9.17, 15) is 13.2 Å². The first-order chi connectivity index (χ1) is 12.5. The Hall–Kier alpha value is -2.34. The van der Waals surface area contributed by atoms with E-state index < -0.39 is 21.8 Å². The van der Waals surface area contributed by atoms with Gasteiger partial charge in [-0.05, 0) is 67.0 Å². The molecule has 0 saturated carbocycles. The zero-order valence-corrected chi connectivity index (χ0v) is 15.2. The molecule has 1 atom stereocenters. The molecule has 0 spiro atoms. The van der Waals surface area contributed by atoms with E-state index in [4.69, 9.17) is 4.74 Å². The van der Waals surface area contributed by atoms with Crippen LogP contribution < -0.4 is 9.46 Å². The van der Waals surface area contributed by atoms with Crippen LogP contribution in [0.15, 0.2) is 47.4 Å². The molecule has 5 nitrogen and oxygen atoms in total. The second kappa shape index (κ2) is 6.76. The molecule has 0 fully saturated rings. The maximum atomic E-state index is 12.7. The van der Waals surface area contributed by atoms with Crippen molar-refractivity contribution >= 4 is 15.9 Å². The zero-order chi connectivity index (χ0) is 18.1. The van der Waals surface area contributed by atoms with E-state index in [1.165, 1.54) is 6.07 Å². The third-order valence-corrected chi connectivity index (χ3v) is 6.46. The molecule has 26 heavy (non-hydrogen) atoms. The Kier molecular flexibility index (Phi) is 4.44. The van der Waals surface area contributed by atoms with Gasteiger partial charge in [0.1, 0.15) is 5.75 Å². The molecule has 1 aliphatic heterocycles. The van der Waals surface area contributed by atoms with Crippen LogP contribution in [0.25, 0.3) is 0 Å². The van der Waals surface area contributed by atoms with E-state index in [-0.39, 0.29) is 4.90 Å². The number of hydrogen-bond donors (Lipinski definition) is 1. The van der Waals surface area contributed by atoms with Crippen molar-refractivity contribution in [3.63, 3.8) is 0 Å². The van der Waals surface area contributed by atoms with Gasteiger partial charge in [-0.3, -0.25) is 4.79 Å². The third kappa shape index (κ3) is 3.21. The van der Waals surface area contributed by atoms with Crippen LogP contribution in [0.5, 0.6) is 5.75 Å². The number of benzene rings is 2. The van der Waals surface area contributed by atoms with Crippen LogP contribution in [-0.2, 0) is 27.7 Å². The van der Waals surface area contributed by atoms with Crippen molar-refractivity contribution in [2.24, 2.45) is 0 Å². The van der Waals surface area contributed by atoms with Gasteiger partial charge < -0.3 is 4.74 Å². The number of nitrogens with one attached hydrogen (secondary N) is 1. The van der Waals surface area contributed by atoms with E-state index in [0.29, 0.717) is 13.0 Å². The van der Waals surface area contributed by atoms with E-state index in [0.717, 1.165) is 48.1 Å². The van der Waals surface area contributed by atoms with Gasteiger partial charge in [-0.15, -0.1) is 0 Å². The summed E-state index contributed by atoms with van der Waals surface area (Å²) in [5.41, 5.74) is 2.93. The van der Waals surface area contributed by atoms with E-state index in [2.05, 4.69) is 4.72 Å². The maximum Gasteiger partial charge on any atom is 0.264 e. The van der Waals surface area contributed by atoms with E-state index >= 15 is 0 Å². The summed E-state index contributed by atoms with van der Waals surface area (Å²) in [7, 11) is -3.90. The van der Waals surface area contributed by atoms with Gasteiger partial charge in [0, 0.05) is 0 Å². The van der Waals surface area contributed by atoms with E-state index in [1.54, 1.807) is 12.1 Å². The average Bonchev–Trinajstić information content (AvgIpc) is 2.66. The highest BCUT2D eigenvalue weighted by Gasteiger charge is 2.30. The Morgan fingerprint density at radius 3 is 2.73 bits per heavy atom. The number of sulfonamides is 1. The minimum absolute atomic E-state index is 0.110. The molecule has 1 aliphatic carbocycles. The van der Waals surface area contributed by atoms with Crippen LogP contribution in [0.1, 0.15) is 41.9 Å². The summed E-state index contributed by atoms with van der Waals surface area (Å²) in [4.78, 5) is 12.8. The molecule has 6 heteroatoms. The van der Waals surface area contributed by atoms with Crippen LogP contribution >= 0.6 is 0 Å². The van der Waals surface area contributed by atoms with Crippen LogP contribution in [0.4, 0.5) is 0 Å². The molecule has 1 N–H and O–H groups in total. The monoisotopic (exact) mass is 371 g/mol. The Morgan fingerprint density at radius 2 is 1.85 bits per heavy atom. The molecule has 2 aromatic carbocycles. The molecule has 2 aliphatic rings. The highest BCUT2D eigenvalue weighted by Crippen LogP contribution is 2.32. The summed E-state index contributed by atoms with van der Waals surface area (Å²) >= 11 is 0. The number of fused-ring (bicyclic) bond motifs is 2. The maximum absolute atomic E-state index is 12.7. The third-order valence-electron chi connectivity index (χ3n) is 5.11. The number of aryl methyl sites for hydroxylation is 2. The standard InChI is InChI=1S/C20H21NO4S/c22-20(18-9-3-6-14-5-1-2-8-17(14)18)21-26(23,24)16-10-11-19-15(13-16)7-4-12-25-19/h1-2,5,8,10-11,13,18H,3-4,6-7,9,12H2,(H,21,22). The molecule has 1 unspecified atom stereocenters. The first-order valence-corrected chi connectivity index (χ1v) is 10.4. The van der Waals surface area contributed by atoms with Gasteiger partial charge in [-0.1, -0.05) is 24.3 Å². The smallest absolute Gasteiger partial charge is 0.264 e. The molecule has 1 amide bonds. The second-order valence-corrected chi connectivity index (χ2v) is 8.52. The Balaban J connectivity index is 1.58. The van der Waals surface area contributed by atoms with Crippen LogP contribution in [0.2, 0.25) is 0 Å². The Bertz CT molecular complexity index is 952. The number of ether oxygens (including phenoxy) is 1. The molecule has 1 heterocycles. The summed E-state index contributed by atoms with van der Waals surface area (Å²) in [6.45, 7) is 0.650. The van der Waals surface area contributed by atoms with Crippen molar-refractivity contribution in [1.82, 2.24) is 4.72 Å². The lowest BCUT2D eigenvalue weighted by molar-refractivity contribution is -0.121. The summed E-state index contributed by atoms with van der Waals surface area (Å²) in [5, 5.41) is 0. The summed E-state index contributed by atoms with van der Waals surface area (Å²) in [5.74, 6) is -0.149. The summed E-state index contributed by atoms with van der Waals surface area (Å²) < 4.78 is 33.2. The van der Waals surface area contributed by atoms with Crippen molar-refractivity contribution < 1.29 is 17.9 Å². The number of carbonyl (C=O) groups excluding carboxylic acids is 1. The molecular formula is C20H21NO4S. The largest absolute Gasteiger partial charge is 0.493 e. The molecule has 136 valence electrons. The highest BCUT2D eigenvalue weighted by atomic mass is 32.2. The van der Waals surface area contributed by atoms with Crippen molar-refractivity contribution in [3.05, 3.63) is 59.2 Å². The van der Waals surface area contributed by atoms with Crippen molar-refractivity contribution in [3.8, 4) is 5.75 Å². The second-order valence-electron chi connectivity index (χ2n) is 6.83. The van der Waals surface area contributed by atoms with Gasteiger partial charge in [0.15, 0.2) is 0 Å². The molecule has 4 rings (SSSR count). The zero-order valence-electron chi connectivity index (χ0n) is 14.4. The van der Waals surface area contributed by atoms with Gasteiger partial charge in [-0.2, -0.15) is 0 Å². The van der Waals surface area contributed by atoms with Crippen molar-refractivity contribution in [2.45, 2.75) is 42.9 Å². The fourth-order valence-electron chi connectivity index (χ4n) is 3.79. The summed E-state index contributed by atoms with van der Waals surface area (Å²) in [6.07, 6.45) is 4.11. The van der Waals surface area contributed by atoms with Crippen molar-refractivity contribution in [2.75, 3.05) is 6.61 Å². The minimum Gasteiger partial charge on any atom is -0.493 e. The van der Waals surface area contributed by atoms with Gasteiger partial charge in [0.05, 0.1) is 17.4 Å². The Morgan fingerprint density at radius 1 is 1.04 bits per heavy atom. The molecular weight excluding hydrogens is 350 g/mol. The lowest BCUT2D eigenvalue weighted by Crippen LogP contribution is -2.36.